The normalized spacial score (nSPS) is 18.2. The van der Waals surface area contributed by atoms with E-state index < -0.39 is 10.0 Å². The molecule has 1 aromatic carbocycles. The summed E-state index contributed by atoms with van der Waals surface area (Å²) in [6.45, 7) is 6.95. The van der Waals surface area contributed by atoms with Crippen molar-refractivity contribution in [1.29, 1.82) is 0 Å². The van der Waals surface area contributed by atoms with E-state index >= 15 is 0 Å². The summed E-state index contributed by atoms with van der Waals surface area (Å²) < 4.78 is 31.3. The van der Waals surface area contributed by atoms with Gasteiger partial charge in [-0.05, 0) is 29.9 Å². The van der Waals surface area contributed by atoms with Crippen LogP contribution in [0.3, 0.4) is 0 Å². The summed E-state index contributed by atoms with van der Waals surface area (Å²) in [4.78, 5) is 12.3. The smallest absolute Gasteiger partial charge is 0.240 e. The number of carbonyl (C=O) groups excluding carboxylic acids is 1. The van der Waals surface area contributed by atoms with Gasteiger partial charge in [0.2, 0.25) is 15.9 Å². The standard InChI is InChI=1S/C18H28N2O4S/c1-18(2,3)15-9-5-6-10-16(15)20(25(4,22)23)13-17(21)19-12-14-8-7-11-24-14/h5-6,9-10,14H,7-8,11-13H2,1-4H3,(H,19,21). The molecule has 0 spiro atoms. The van der Waals surface area contributed by atoms with Crippen LogP contribution < -0.4 is 9.62 Å². The second-order valence-corrected chi connectivity index (χ2v) is 9.38. The van der Waals surface area contributed by atoms with Gasteiger partial charge >= 0.3 is 0 Å². The van der Waals surface area contributed by atoms with E-state index in [1.54, 1.807) is 12.1 Å². The Morgan fingerprint density at radius 1 is 1.32 bits per heavy atom. The predicted octanol–water partition coefficient (Wildman–Crippen LogP) is 2.05. The number of benzene rings is 1. The third-order valence-corrected chi connectivity index (χ3v) is 5.35. The number of hydrogen-bond acceptors (Lipinski definition) is 4. The van der Waals surface area contributed by atoms with Crippen LogP contribution in [0, 0.1) is 0 Å². The third kappa shape index (κ3) is 5.44. The van der Waals surface area contributed by atoms with Gasteiger partial charge in [0, 0.05) is 13.2 Å². The molecule has 1 amide bonds. The summed E-state index contributed by atoms with van der Waals surface area (Å²) >= 11 is 0. The number of anilines is 1. The minimum Gasteiger partial charge on any atom is -0.376 e. The number of nitrogens with zero attached hydrogens (tertiary/aromatic N) is 1. The fourth-order valence-electron chi connectivity index (χ4n) is 2.93. The van der Waals surface area contributed by atoms with Crippen LogP contribution in [-0.4, -0.2) is 46.4 Å². The number of carbonyl (C=O) groups is 1. The first kappa shape index (κ1) is 19.7. The van der Waals surface area contributed by atoms with Crippen LogP contribution in [0.4, 0.5) is 5.69 Å². The lowest BCUT2D eigenvalue weighted by Crippen LogP contribution is -2.43. The van der Waals surface area contributed by atoms with E-state index in [-0.39, 0.29) is 24.0 Å². The van der Waals surface area contributed by atoms with Crippen LogP contribution in [-0.2, 0) is 25.0 Å². The van der Waals surface area contributed by atoms with E-state index in [0.717, 1.165) is 31.3 Å². The van der Waals surface area contributed by atoms with Gasteiger partial charge in [-0.2, -0.15) is 0 Å². The average Bonchev–Trinajstić information content (AvgIpc) is 3.02. The van der Waals surface area contributed by atoms with E-state index in [9.17, 15) is 13.2 Å². The highest BCUT2D eigenvalue weighted by atomic mass is 32.2. The first-order chi connectivity index (χ1) is 11.6. The summed E-state index contributed by atoms with van der Waals surface area (Å²) in [5.41, 5.74) is 1.19. The molecule has 1 saturated heterocycles. The van der Waals surface area contributed by atoms with E-state index in [4.69, 9.17) is 4.74 Å². The molecule has 6 nitrogen and oxygen atoms in total. The van der Waals surface area contributed by atoms with Crippen molar-refractivity contribution >= 4 is 21.6 Å². The zero-order chi connectivity index (χ0) is 18.7. The number of hydrogen-bond donors (Lipinski definition) is 1. The maximum absolute atomic E-state index is 12.3. The molecule has 1 unspecified atom stereocenters. The molecule has 1 aliphatic rings. The van der Waals surface area contributed by atoms with Crippen LogP contribution in [0.1, 0.15) is 39.2 Å². The Hall–Kier alpha value is -1.60. The largest absolute Gasteiger partial charge is 0.376 e. The highest BCUT2D eigenvalue weighted by Gasteiger charge is 2.27. The molecule has 0 aliphatic carbocycles. The van der Waals surface area contributed by atoms with Gasteiger partial charge in [-0.15, -0.1) is 0 Å². The number of rotatable bonds is 6. The number of amides is 1. The monoisotopic (exact) mass is 368 g/mol. The minimum atomic E-state index is -3.59. The van der Waals surface area contributed by atoms with Crippen LogP contribution in [0.15, 0.2) is 24.3 Å². The molecule has 7 heteroatoms. The molecular weight excluding hydrogens is 340 g/mol. The first-order valence-corrected chi connectivity index (χ1v) is 10.4. The Morgan fingerprint density at radius 3 is 2.56 bits per heavy atom. The van der Waals surface area contributed by atoms with Crippen molar-refractivity contribution in [3.05, 3.63) is 29.8 Å². The van der Waals surface area contributed by atoms with E-state index in [2.05, 4.69) is 5.32 Å². The van der Waals surface area contributed by atoms with Crippen molar-refractivity contribution in [3.8, 4) is 0 Å². The zero-order valence-corrected chi connectivity index (χ0v) is 16.2. The fraction of sp³-hybridized carbons (Fsp3) is 0.611. The lowest BCUT2D eigenvalue weighted by atomic mass is 9.86. The predicted molar refractivity (Wildman–Crippen MR) is 99.3 cm³/mol. The number of ether oxygens (including phenoxy) is 1. The van der Waals surface area contributed by atoms with Gasteiger partial charge in [0.15, 0.2) is 0 Å². The van der Waals surface area contributed by atoms with E-state index in [0.29, 0.717) is 12.2 Å². The Balaban J connectivity index is 2.19. The molecule has 0 aromatic heterocycles. The second kappa shape index (κ2) is 7.74. The SMILES string of the molecule is CC(C)(C)c1ccccc1N(CC(=O)NCC1CCCO1)S(C)(=O)=O. The van der Waals surface area contributed by atoms with Gasteiger partial charge in [0.1, 0.15) is 6.54 Å². The number of para-hydroxylation sites is 1. The quantitative estimate of drug-likeness (QED) is 0.834. The van der Waals surface area contributed by atoms with Crippen molar-refractivity contribution in [1.82, 2.24) is 5.32 Å². The van der Waals surface area contributed by atoms with Gasteiger partial charge < -0.3 is 10.1 Å². The molecule has 25 heavy (non-hydrogen) atoms. The highest BCUT2D eigenvalue weighted by molar-refractivity contribution is 7.92. The molecule has 0 radical (unpaired) electrons. The molecule has 2 rings (SSSR count). The molecule has 1 N–H and O–H groups in total. The van der Waals surface area contributed by atoms with E-state index in [1.807, 2.05) is 32.9 Å². The summed E-state index contributed by atoms with van der Waals surface area (Å²) in [6.07, 6.45) is 3.06. The van der Waals surface area contributed by atoms with Crippen molar-refractivity contribution < 1.29 is 17.9 Å². The van der Waals surface area contributed by atoms with Crippen molar-refractivity contribution in [2.24, 2.45) is 0 Å². The average molecular weight is 368 g/mol. The Morgan fingerprint density at radius 2 is 2.00 bits per heavy atom. The zero-order valence-electron chi connectivity index (χ0n) is 15.4. The van der Waals surface area contributed by atoms with Gasteiger partial charge in [-0.3, -0.25) is 9.10 Å². The molecule has 1 heterocycles. The maximum atomic E-state index is 12.3. The molecule has 0 bridgehead atoms. The van der Waals surface area contributed by atoms with Crippen molar-refractivity contribution in [2.75, 3.05) is 30.3 Å². The summed E-state index contributed by atoms with van der Waals surface area (Å²) in [5.74, 6) is -0.329. The lowest BCUT2D eigenvalue weighted by Gasteiger charge is -2.29. The van der Waals surface area contributed by atoms with Crippen LogP contribution >= 0.6 is 0 Å². The molecule has 1 fully saturated rings. The van der Waals surface area contributed by atoms with Gasteiger partial charge in [0.25, 0.3) is 0 Å². The molecule has 0 saturated carbocycles. The molecule has 140 valence electrons. The van der Waals surface area contributed by atoms with Crippen molar-refractivity contribution in [3.63, 3.8) is 0 Å². The van der Waals surface area contributed by atoms with Gasteiger partial charge in [-0.25, -0.2) is 8.42 Å². The molecule has 1 aromatic rings. The maximum Gasteiger partial charge on any atom is 0.240 e. The minimum absolute atomic E-state index is 0.0255. The Labute approximate surface area is 150 Å². The van der Waals surface area contributed by atoms with Crippen LogP contribution in [0.5, 0.6) is 0 Å². The van der Waals surface area contributed by atoms with Gasteiger partial charge in [0.05, 0.1) is 18.0 Å². The molecular formula is C18H28N2O4S. The van der Waals surface area contributed by atoms with Gasteiger partial charge in [-0.1, -0.05) is 39.0 Å². The number of sulfonamides is 1. The summed E-state index contributed by atoms with van der Waals surface area (Å²) in [6, 6.07) is 7.31. The van der Waals surface area contributed by atoms with Crippen molar-refractivity contribution in [2.45, 2.75) is 45.1 Å². The summed E-state index contributed by atoms with van der Waals surface area (Å²) in [5, 5.41) is 2.79. The Bertz CT molecular complexity index is 704. The first-order valence-electron chi connectivity index (χ1n) is 8.54. The third-order valence-electron chi connectivity index (χ3n) is 4.22. The second-order valence-electron chi connectivity index (χ2n) is 7.48. The Kier molecular flexibility index (Phi) is 6.11. The topological polar surface area (TPSA) is 75.7 Å². The van der Waals surface area contributed by atoms with E-state index in [1.165, 1.54) is 4.31 Å². The molecule has 1 aliphatic heterocycles. The lowest BCUT2D eigenvalue weighted by molar-refractivity contribution is -0.120. The summed E-state index contributed by atoms with van der Waals surface area (Å²) in [7, 11) is -3.59. The van der Waals surface area contributed by atoms with Crippen LogP contribution in [0.25, 0.3) is 0 Å². The fourth-order valence-corrected chi connectivity index (χ4v) is 3.79. The number of nitrogens with one attached hydrogen (secondary N) is 1. The van der Waals surface area contributed by atoms with Crippen LogP contribution in [0.2, 0.25) is 0 Å². The molecule has 1 atom stereocenters. The highest BCUT2D eigenvalue weighted by Crippen LogP contribution is 2.32.